The first kappa shape index (κ1) is 16.5. The zero-order valence-electron chi connectivity index (χ0n) is 13.0. The van der Waals surface area contributed by atoms with Gasteiger partial charge in [0.2, 0.25) is 10.0 Å². The second kappa shape index (κ2) is 7.05. The zero-order chi connectivity index (χ0) is 17.0. The summed E-state index contributed by atoms with van der Waals surface area (Å²) in [6.45, 7) is 2.08. The zero-order valence-corrected chi connectivity index (χ0v) is 13.8. The molecule has 0 atom stereocenters. The molecule has 0 bridgehead atoms. The van der Waals surface area contributed by atoms with Crippen molar-refractivity contribution in [3.63, 3.8) is 0 Å². The van der Waals surface area contributed by atoms with Crippen LogP contribution < -0.4 is 10.0 Å². The van der Waals surface area contributed by atoms with Gasteiger partial charge in [-0.25, -0.2) is 17.7 Å². The molecule has 2 aromatic heterocycles. The van der Waals surface area contributed by atoms with Crippen LogP contribution in [0.1, 0.15) is 0 Å². The molecule has 0 unspecified atom stereocenters. The number of hydrogen-bond acceptors (Lipinski definition) is 5. The van der Waals surface area contributed by atoms with Gasteiger partial charge in [0.05, 0.1) is 30.2 Å². The number of nitrogens with zero attached hydrogens (tertiary/aromatic N) is 3. The molecule has 0 saturated carbocycles. The lowest BCUT2D eigenvalue weighted by molar-refractivity contribution is 0.0533. The van der Waals surface area contributed by atoms with Crippen molar-refractivity contribution in [3.05, 3.63) is 30.6 Å². The Morgan fingerprint density at radius 1 is 1.29 bits per heavy atom. The predicted molar refractivity (Wildman–Crippen MR) is 88.4 cm³/mol. The average Bonchev–Trinajstić information content (AvgIpc) is 3.02. The highest BCUT2D eigenvalue weighted by Crippen LogP contribution is 2.13. The van der Waals surface area contributed by atoms with Gasteiger partial charge in [-0.2, -0.15) is 5.10 Å². The topological polar surface area (TPSA) is 105 Å². The summed E-state index contributed by atoms with van der Waals surface area (Å²) in [7, 11) is -3.55. The Hall–Kier alpha value is -2.33. The van der Waals surface area contributed by atoms with Crippen LogP contribution in [-0.4, -0.2) is 67.6 Å². The fourth-order valence-electron chi connectivity index (χ4n) is 2.39. The number of rotatable bonds is 5. The van der Waals surface area contributed by atoms with Crippen molar-refractivity contribution >= 4 is 27.3 Å². The van der Waals surface area contributed by atoms with E-state index in [2.05, 4.69) is 15.1 Å². The van der Waals surface area contributed by atoms with Gasteiger partial charge < -0.3 is 15.0 Å². The molecular formula is C14H19N5O4S. The first-order chi connectivity index (χ1) is 11.5. The smallest absolute Gasteiger partial charge is 0.317 e. The Morgan fingerprint density at radius 3 is 2.88 bits per heavy atom. The number of sulfonamides is 1. The summed E-state index contributed by atoms with van der Waals surface area (Å²) in [6, 6.07) is 4.83. The van der Waals surface area contributed by atoms with Crippen LogP contribution in [0.3, 0.4) is 0 Å². The van der Waals surface area contributed by atoms with E-state index in [0.29, 0.717) is 32.0 Å². The molecule has 130 valence electrons. The van der Waals surface area contributed by atoms with Gasteiger partial charge in [-0.1, -0.05) is 0 Å². The molecule has 2 aromatic rings. The number of morpholine rings is 1. The van der Waals surface area contributed by atoms with E-state index < -0.39 is 10.0 Å². The molecular weight excluding hydrogens is 334 g/mol. The van der Waals surface area contributed by atoms with Crippen LogP contribution in [0, 0.1) is 0 Å². The summed E-state index contributed by atoms with van der Waals surface area (Å²) in [4.78, 5) is 13.5. The number of urea groups is 1. The van der Waals surface area contributed by atoms with Crippen molar-refractivity contribution in [2.75, 3.05) is 43.3 Å². The highest BCUT2D eigenvalue weighted by molar-refractivity contribution is 7.92. The second-order valence-corrected chi connectivity index (χ2v) is 7.21. The van der Waals surface area contributed by atoms with E-state index in [1.807, 2.05) is 0 Å². The molecule has 24 heavy (non-hydrogen) atoms. The number of hydrogen-bond donors (Lipinski definition) is 2. The largest absolute Gasteiger partial charge is 0.378 e. The third-order valence-electron chi connectivity index (χ3n) is 3.62. The number of ether oxygens (including phenoxy) is 1. The van der Waals surface area contributed by atoms with E-state index in [4.69, 9.17) is 4.74 Å². The minimum absolute atomic E-state index is 0.0421. The van der Waals surface area contributed by atoms with Crippen molar-refractivity contribution in [2.24, 2.45) is 0 Å². The molecule has 2 amide bonds. The normalized spacial score (nSPS) is 15.4. The molecule has 3 heterocycles. The van der Waals surface area contributed by atoms with Crippen molar-refractivity contribution in [1.82, 2.24) is 19.8 Å². The first-order valence-electron chi connectivity index (χ1n) is 7.58. The standard InChI is InChI=1S/C14H19N5O4S/c20-14(18-6-8-23-9-7-18)15-4-10-24(21,22)17-12-2-5-19-13(11-12)1-3-16-19/h1-3,5,11,17H,4,6-10H2,(H,15,20). The van der Waals surface area contributed by atoms with E-state index in [9.17, 15) is 13.2 Å². The molecule has 1 aliphatic heterocycles. The highest BCUT2D eigenvalue weighted by atomic mass is 32.2. The lowest BCUT2D eigenvalue weighted by Gasteiger charge is -2.26. The summed E-state index contributed by atoms with van der Waals surface area (Å²) >= 11 is 0. The quantitative estimate of drug-likeness (QED) is 0.794. The monoisotopic (exact) mass is 353 g/mol. The second-order valence-electron chi connectivity index (χ2n) is 5.37. The molecule has 1 saturated heterocycles. The molecule has 9 nitrogen and oxygen atoms in total. The summed E-state index contributed by atoms with van der Waals surface area (Å²) in [5.41, 5.74) is 1.25. The van der Waals surface area contributed by atoms with Crippen LogP contribution in [0.4, 0.5) is 10.5 Å². The van der Waals surface area contributed by atoms with E-state index in [-0.39, 0.29) is 18.3 Å². The molecule has 0 aromatic carbocycles. The Morgan fingerprint density at radius 2 is 2.08 bits per heavy atom. The van der Waals surface area contributed by atoms with Gasteiger partial charge in [0, 0.05) is 32.0 Å². The lowest BCUT2D eigenvalue weighted by Crippen LogP contribution is -2.47. The van der Waals surface area contributed by atoms with Gasteiger partial charge in [-0.05, 0) is 18.2 Å². The van der Waals surface area contributed by atoms with Crippen molar-refractivity contribution in [3.8, 4) is 0 Å². The van der Waals surface area contributed by atoms with Crippen LogP contribution in [0.15, 0.2) is 30.6 Å². The number of carbonyl (C=O) groups excluding carboxylic acids is 1. The Kier molecular flexibility index (Phi) is 4.86. The number of aromatic nitrogens is 2. The lowest BCUT2D eigenvalue weighted by atomic mass is 10.4. The van der Waals surface area contributed by atoms with Gasteiger partial charge in [-0.3, -0.25) is 4.72 Å². The van der Waals surface area contributed by atoms with Gasteiger partial charge in [0.15, 0.2) is 0 Å². The number of fused-ring (bicyclic) bond motifs is 1. The third-order valence-corrected chi connectivity index (χ3v) is 4.91. The minimum Gasteiger partial charge on any atom is -0.378 e. The minimum atomic E-state index is -3.55. The summed E-state index contributed by atoms with van der Waals surface area (Å²) in [6.07, 6.45) is 3.31. The fourth-order valence-corrected chi connectivity index (χ4v) is 3.35. The number of amides is 2. The SMILES string of the molecule is O=C(NCCS(=O)(=O)Nc1ccn2nccc2c1)N1CCOCC1. The average molecular weight is 353 g/mol. The first-order valence-corrected chi connectivity index (χ1v) is 9.23. The molecule has 1 aliphatic rings. The van der Waals surface area contributed by atoms with Crippen molar-refractivity contribution in [1.29, 1.82) is 0 Å². The summed E-state index contributed by atoms with van der Waals surface area (Å²) < 4.78 is 33.5. The van der Waals surface area contributed by atoms with Crippen molar-refractivity contribution < 1.29 is 17.9 Å². The highest BCUT2D eigenvalue weighted by Gasteiger charge is 2.17. The molecule has 0 aliphatic carbocycles. The molecule has 0 radical (unpaired) electrons. The number of nitrogens with one attached hydrogen (secondary N) is 2. The number of carbonyl (C=O) groups is 1. The van der Waals surface area contributed by atoms with Gasteiger partial charge in [0.1, 0.15) is 0 Å². The van der Waals surface area contributed by atoms with Crippen LogP contribution in [0.5, 0.6) is 0 Å². The van der Waals surface area contributed by atoms with Gasteiger partial charge in [0.25, 0.3) is 0 Å². The molecule has 2 N–H and O–H groups in total. The molecule has 0 spiro atoms. The van der Waals surface area contributed by atoms with Gasteiger partial charge >= 0.3 is 6.03 Å². The Balaban J connectivity index is 1.51. The maximum atomic E-state index is 12.1. The number of pyridine rings is 1. The van der Waals surface area contributed by atoms with E-state index >= 15 is 0 Å². The van der Waals surface area contributed by atoms with Crippen molar-refractivity contribution in [2.45, 2.75) is 0 Å². The molecule has 10 heteroatoms. The van der Waals surface area contributed by atoms with Crippen LogP contribution >= 0.6 is 0 Å². The van der Waals surface area contributed by atoms with E-state index in [0.717, 1.165) is 5.52 Å². The number of anilines is 1. The summed E-state index contributed by atoms with van der Waals surface area (Å²) in [5, 5.41) is 6.67. The predicted octanol–water partition coefficient (Wildman–Crippen LogP) is 0.118. The Labute approximate surface area is 139 Å². The maximum absolute atomic E-state index is 12.1. The van der Waals surface area contributed by atoms with Crippen LogP contribution in [0.2, 0.25) is 0 Å². The van der Waals surface area contributed by atoms with Crippen LogP contribution in [-0.2, 0) is 14.8 Å². The van der Waals surface area contributed by atoms with E-state index in [1.54, 1.807) is 40.0 Å². The fraction of sp³-hybridized carbons (Fsp3) is 0.429. The van der Waals surface area contributed by atoms with Crippen LogP contribution in [0.25, 0.3) is 5.52 Å². The van der Waals surface area contributed by atoms with E-state index in [1.165, 1.54) is 0 Å². The molecule has 1 fully saturated rings. The maximum Gasteiger partial charge on any atom is 0.317 e. The molecule has 3 rings (SSSR count). The van der Waals surface area contributed by atoms with Gasteiger partial charge in [-0.15, -0.1) is 0 Å². The Bertz CT molecular complexity index is 813. The third kappa shape index (κ3) is 4.15. The summed E-state index contributed by atoms with van der Waals surface area (Å²) in [5.74, 6) is -0.201.